The van der Waals surface area contributed by atoms with E-state index in [9.17, 15) is 14.4 Å². The first-order valence-corrected chi connectivity index (χ1v) is 11.7. The van der Waals surface area contributed by atoms with Crippen molar-refractivity contribution in [2.24, 2.45) is 0 Å². The van der Waals surface area contributed by atoms with Gasteiger partial charge in [0.15, 0.2) is 0 Å². The highest BCUT2D eigenvalue weighted by Crippen LogP contribution is 2.09. The number of hydrogen-bond acceptors (Lipinski definition) is 5. The van der Waals surface area contributed by atoms with Gasteiger partial charge in [-0.15, -0.1) is 0 Å². The zero-order chi connectivity index (χ0) is 24.8. The van der Waals surface area contributed by atoms with Gasteiger partial charge < -0.3 is 20.1 Å². The van der Waals surface area contributed by atoms with Crippen LogP contribution in [-0.2, 0) is 32.1 Å². The average molecular weight is 469 g/mol. The van der Waals surface area contributed by atoms with Crippen LogP contribution in [0.15, 0.2) is 60.7 Å². The molecule has 0 unspecified atom stereocenters. The molecule has 7 heteroatoms. The number of nitrogens with one attached hydrogen (secondary N) is 2. The molecule has 1 atom stereocenters. The maximum Gasteiger partial charge on any atom is 0.407 e. The molecule has 2 aromatic carbocycles. The van der Waals surface area contributed by atoms with E-state index in [1.807, 2.05) is 81.4 Å². The van der Waals surface area contributed by atoms with Crippen LogP contribution < -0.4 is 10.6 Å². The van der Waals surface area contributed by atoms with Gasteiger partial charge in [0.25, 0.3) is 0 Å². The second-order valence-corrected chi connectivity index (χ2v) is 9.14. The Morgan fingerprint density at radius 1 is 0.853 bits per heavy atom. The van der Waals surface area contributed by atoms with Crippen LogP contribution in [0.4, 0.5) is 4.79 Å². The minimum Gasteiger partial charge on any atom is -0.459 e. The van der Waals surface area contributed by atoms with Crippen LogP contribution in [0.25, 0.3) is 0 Å². The van der Waals surface area contributed by atoms with Gasteiger partial charge in [0.05, 0.1) is 0 Å². The first-order chi connectivity index (χ1) is 16.2. The number of ether oxygens (including phenoxy) is 2. The highest BCUT2D eigenvalue weighted by atomic mass is 16.6. The molecule has 0 heterocycles. The van der Waals surface area contributed by atoms with Gasteiger partial charge in [0.2, 0.25) is 5.91 Å². The number of alkyl carbamates (subject to hydrolysis) is 1. The van der Waals surface area contributed by atoms with Gasteiger partial charge in [-0.1, -0.05) is 67.1 Å². The lowest BCUT2D eigenvalue weighted by Crippen LogP contribution is -2.43. The van der Waals surface area contributed by atoms with E-state index in [2.05, 4.69) is 10.6 Å². The van der Waals surface area contributed by atoms with Crippen LogP contribution in [0.2, 0.25) is 0 Å². The molecule has 0 fully saturated rings. The maximum absolute atomic E-state index is 12.7. The zero-order valence-electron chi connectivity index (χ0n) is 20.3. The van der Waals surface area contributed by atoms with Gasteiger partial charge in [0, 0.05) is 19.4 Å². The molecule has 0 saturated heterocycles. The summed E-state index contributed by atoms with van der Waals surface area (Å²) in [7, 11) is 0. The van der Waals surface area contributed by atoms with E-state index in [-0.39, 0.29) is 12.5 Å². The Morgan fingerprint density at radius 2 is 1.47 bits per heavy atom. The summed E-state index contributed by atoms with van der Waals surface area (Å²) in [4.78, 5) is 36.9. The molecular formula is C27H36N2O5. The summed E-state index contributed by atoms with van der Waals surface area (Å²) < 4.78 is 10.7. The monoisotopic (exact) mass is 468 g/mol. The molecule has 0 saturated carbocycles. The van der Waals surface area contributed by atoms with E-state index in [1.54, 1.807) is 0 Å². The fraction of sp³-hybridized carbons (Fsp3) is 0.444. The number of esters is 1. The molecule has 0 spiro atoms. The third-order valence-electron chi connectivity index (χ3n) is 4.88. The molecule has 2 amide bonds. The van der Waals surface area contributed by atoms with Gasteiger partial charge >= 0.3 is 12.1 Å². The minimum absolute atomic E-state index is 0.158. The van der Waals surface area contributed by atoms with E-state index >= 15 is 0 Å². The van der Waals surface area contributed by atoms with Crippen molar-refractivity contribution in [2.45, 2.75) is 71.1 Å². The van der Waals surface area contributed by atoms with Crippen molar-refractivity contribution in [3.05, 3.63) is 71.8 Å². The fourth-order valence-electron chi connectivity index (χ4n) is 3.23. The smallest absolute Gasteiger partial charge is 0.407 e. The number of benzene rings is 2. The Kier molecular flexibility index (Phi) is 11.1. The average Bonchev–Trinajstić information content (AvgIpc) is 2.79. The molecule has 0 aromatic heterocycles. The quantitative estimate of drug-likeness (QED) is 0.352. The second-order valence-electron chi connectivity index (χ2n) is 9.14. The van der Waals surface area contributed by atoms with Gasteiger partial charge in [-0.05, 0) is 44.7 Å². The van der Waals surface area contributed by atoms with Crippen LogP contribution in [0.3, 0.4) is 0 Å². The molecular weight excluding hydrogens is 432 g/mol. The fourth-order valence-corrected chi connectivity index (χ4v) is 3.23. The Balaban J connectivity index is 1.77. The molecule has 2 rings (SSSR count). The van der Waals surface area contributed by atoms with E-state index in [1.165, 1.54) is 0 Å². The predicted molar refractivity (Wildman–Crippen MR) is 131 cm³/mol. The van der Waals surface area contributed by atoms with Crippen molar-refractivity contribution in [3.8, 4) is 0 Å². The predicted octanol–water partition coefficient (Wildman–Crippen LogP) is 4.54. The molecule has 184 valence electrons. The number of carbonyl (C=O) groups excluding carboxylic acids is 3. The third kappa shape index (κ3) is 11.5. The SMILES string of the molecule is CC(C)(C)OC(=O)NCCCCCC(=O)N[C@@H](Cc1ccccc1)C(=O)OCc1ccccc1. The normalized spacial score (nSPS) is 11.9. The summed E-state index contributed by atoms with van der Waals surface area (Å²) in [5, 5.41) is 5.54. The topological polar surface area (TPSA) is 93.7 Å². The molecule has 0 aliphatic rings. The molecule has 2 N–H and O–H groups in total. The lowest BCUT2D eigenvalue weighted by atomic mass is 10.1. The Hall–Kier alpha value is -3.35. The van der Waals surface area contributed by atoms with Crippen molar-refractivity contribution in [2.75, 3.05) is 6.54 Å². The van der Waals surface area contributed by atoms with Gasteiger partial charge in [-0.3, -0.25) is 4.79 Å². The molecule has 0 radical (unpaired) electrons. The highest BCUT2D eigenvalue weighted by molar-refractivity contribution is 5.84. The summed E-state index contributed by atoms with van der Waals surface area (Å²) in [5.74, 6) is -0.652. The highest BCUT2D eigenvalue weighted by Gasteiger charge is 2.23. The third-order valence-corrected chi connectivity index (χ3v) is 4.88. The summed E-state index contributed by atoms with van der Waals surface area (Å²) in [6.07, 6.45) is 2.37. The lowest BCUT2D eigenvalue weighted by molar-refractivity contribution is -0.149. The number of rotatable bonds is 12. The Bertz CT molecular complexity index is 894. The van der Waals surface area contributed by atoms with Crippen LogP contribution >= 0.6 is 0 Å². The summed E-state index contributed by atoms with van der Waals surface area (Å²) in [5.41, 5.74) is 1.30. The van der Waals surface area contributed by atoms with Crippen molar-refractivity contribution in [1.29, 1.82) is 0 Å². The van der Waals surface area contributed by atoms with E-state index < -0.39 is 23.7 Å². The van der Waals surface area contributed by atoms with Gasteiger partial charge in [-0.2, -0.15) is 0 Å². The van der Waals surface area contributed by atoms with Crippen molar-refractivity contribution >= 4 is 18.0 Å². The summed E-state index contributed by atoms with van der Waals surface area (Å²) >= 11 is 0. The van der Waals surface area contributed by atoms with E-state index in [0.29, 0.717) is 25.8 Å². The van der Waals surface area contributed by atoms with Crippen LogP contribution in [0, 0.1) is 0 Å². The first kappa shape index (κ1) is 26.9. The summed E-state index contributed by atoms with van der Waals surface area (Å²) in [6.45, 7) is 6.08. The number of unbranched alkanes of at least 4 members (excludes halogenated alkanes) is 2. The molecule has 0 aliphatic carbocycles. The lowest BCUT2D eigenvalue weighted by Gasteiger charge is -2.19. The van der Waals surface area contributed by atoms with E-state index in [0.717, 1.165) is 24.0 Å². The van der Waals surface area contributed by atoms with Crippen LogP contribution in [0.1, 0.15) is 57.6 Å². The van der Waals surface area contributed by atoms with Gasteiger partial charge in [-0.25, -0.2) is 9.59 Å². The molecule has 2 aromatic rings. The second kappa shape index (κ2) is 14.0. The first-order valence-electron chi connectivity index (χ1n) is 11.7. The van der Waals surface area contributed by atoms with Gasteiger partial charge in [0.1, 0.15) is 18.2 Å². The standard InChI is InChI=1S/C27H36N2O5/c1-27(2,3)34-26(32)28-18-12-6-11-17-24(30)29-23(19-21-13-7-4-8-14-21)25(31)33-20-22-15-9-5-10-16-22/h4-5,7-10,13-16,23H,6,11-12,17-20H2,1-3H3,(H,28,32)(H,29,30)/t23-/m0/s1. The maximum atomic E-state index is 12.7. The number of hydrogen-bond donors (Lipinski definition) is 2. The van der Waals surface area contributed by atoms with Crippen molar-refractivity contribution in [1.82, 2.24) is 10.6 Å². The Morgan fingerprint density at radius 3 is 2.09 bits per heavy atom. The molecule has 0 aliphatic heterocycles. The molecule has 7 nitrogen and oxygen atoms in total. The zero-order valence-corrected chi connectivity index (χ0v) is 20.3. The Labute approximate surface area is 202 Å². The van der Waals surface area contributed by atoms with Crippen LogP contribution in [-0.4, -0.2) is 36.2 Å². The van der Waals surface area contributed by atoms with E-state index in [4.69, 9.17) is 9.47 Å². The number of carbonyl (C=O) groups is 3. The summed E-state index contributed by atoms with van der Waals surface area (Å²) in [6, 6.07) is 18.2. The molecule has 34 heavy (non-hydrogen) atoms. The molecule has 0 bridgehead atoms. The van der Waals surface area contributed by atoms with Crippen molar-refractivity contribution in [3.63, 3.8) is 0 Å². The number of amides is 2. The van der Waals surface area contributed by atoms with Crippen molar-refractivity contribution < 1.29 is 23.9 Å². The van der Waals surface area contributed by atoms with Crippen LogP contribution in [0.5, 0.6) is 0 Å². The largest absolute Gasteiger partial charge is 0.459 e. The minimum atomic E-state index is -0.757.